The number of aromatic nitrogens is 3. The van der Waals surface area contributed by atoms with Crippen LogP contribution in [-0.2, 0) is 0 Å². The molecule has 4 heteroatoms. The van der Waals surface area contributed by atoms with Crippen LogP contribution in [0.25, 0.3) is 22.2 Å². The van der Waals surface area contributed by atoms with Crippen LogP contribution in [-0.4, -0.2) is 22.0 Å². The van der Waals surface area contributed by atoms with E-state index in [1.807, 2.05) is 37.5 Å². The summed E-state index contributed by atoms with van der Waals surface area (Å²) in [7, 11) is 1.87. The molecule has 0 saturated carbocycles. The van der Waals surface area contributed by atoms with E-state index >= 15 is 0 Å². The van der Waals surface area contributed by atoms with Crippen molar-refractivity contribution in [2.75, 3.05) is 12.4 Å². The molecule has 4 nitrogen and oxygen atoms in total. The van der Waals surface area contributed by atoms with Gasteiger partial charge in [-0.05, 0) is 12.1 Å². The quantitative estimate of drug-likeness (QED) is 0.790. The molecule has 1 aromatic carbocycles. The molecule has 0 atom stereocenters. The molecule has 2 heterocycles. The molecule has 106 valence electrons. The first kappa shape index (κ1) is 13.5. The van der Waals surface area contributed by atoms with E-state index in [-0.39, 0.29) is 5.92 Å². The van der Waals surface area contributed by atoms with Crippen molar-refractivity contribution in [3.05, 3.63) is 48.4 Å². The maximum atomic E-state index is 4.67. The Kier molecular flexibility index (Phi) is 3.52. The van der Waals surface area contributed by atoms with E-state index in [1.54, 1.807) is 0 Å². The Balaban J connectivity index is 2.14. The highest BCUT2D eigenvalue weighted by Gasteiger charge is 2.09. The number of nitrogens with zero attached hydrogens (tertiary/aromatic N) is 3. The molecule has 0 aliphatic rings. The van der Waals surface area contributed by atoms with Gasteiger partial charge in [0.15, 0.2) is 0 Å². The van der Waals surface area contributed by atoms with Gasteiger partial charge >= 0.3 is 0 Å². The average molecular weight is 278 g/mol. The Morgan fingerprint density at radius 3 is 2.62 bits per heavy atom. The van der Waals surface area contributed by atoms with Crippen LogP contribution in [0.3, 0.4) is 0 Å². The Morgan fingerprint density at radius 2 is 1.86 bits per heavy atom. The van der Waals surface area contributed by atoms with Crippen molar-refractivity contribution < 1.29 is 0 Å². The van der Waals surface area contributed by atoms with E-state index in [2.05, 4.69) is 46.2 Å². The molecule has 0 unspecified atom stereocenters. The van der Waals surface area contributed by atoms with Gasteiger partial charge in [0, 0.05) is 36.2 Å². The van der Waals surface area contributed by atoms with Crippen molar-refractivity contribution in [1.29, 1.82) is 0 Å². The lowest BCUT2D eigenvalue weighted by molar-refractivity contribution is 0.777. The van der Waals surface area contributed by atoms with E-state index < -0.39 is 0 Å². The van der Waals surface area contributed by atoms with Crippen molar-refractivity contribution in [3.63, 3.8) is 0 Å². The first-order chi connectivity index (χ1) is 10.2. The maximum absolute atomic E-state index is 4.67. The van der Waals surface area contributed by atoms with Crippen molar-refractivity contribution in [2.24, 2.45) is 0 Å². The highest BCUT2D eigenvalue weighted by atomic mass is 15.0. The fourth-order valence-electron chi connectivity index (χ4n) is 2.21. The second-order valence-corrected chi connectivity index (χ2v) is 5.32. The summed E-state index contributed by atoms with van der Waals surface area (Å²) in [6, 6.07) is 12.2. The SMILES string of the molecule is CNc1cc(-c2cnc3ccccc3c2)nc(C(C)C)n1. The minimum atomic E-state index is 0.283. The van der Waals surface area contributed by atoms with Crippen molar-refractivity contribution in [1.82, 2.24) is 15.0 Å². The van der Waals surface area contributed by atoms with Crippen LogP contribution in [0.5, 0.6) is 0 Å². The molecule has 0 saturated heterocycles. The molecule has 0 aliphatic carbocycles. The lowest BCUT2D eigenvalue weighted by atomic mass is 10.1. The van der Waals surface area contributed by atoms with Crippen LogP contribution >= 0.6 is 0 Å². The summed E-state index contributed by atoms with van der Waals surface area (Å²) in [5, 5.41) is 4.21. The van der Waals surface area contributed by atoms with Gasteiger partial charge in [-0.1, -0.05) is 32.0 Å². The number of rotatable bonds is 3. The van der Waals surface area contributed by atoms with Crippen LogP contribution < -0.4 is 5.32 Å². The molecule has 0 amide bonds. The van der Waals surface area contributed by atoms with E-state index in [9.17, 15) is 0 Å². The average Bonchev–Trinajstić information content (AvgIpc) is 2.53. The Morgan fingerprint density at radius 1 is 1.05 bits per heavy atom. The number of hydrogen-bond donors (Lipinski definition) is 1. The molecular formula is C17H18N4. The molecule has 1 N–H and O–H groups in total. The monoisotopic (exact) mass is 278 g/mol. The number of pyridine rings is 1. The summed E-state index contributed by atoms with van der Waals surface area (Å²) < 4.78 is 0. The van der Waals surface area contributed by atoms with Gasteiger partial charge < -0.3 is 5.32 Å². The van der Waals surface area contributed by atoms with Crippen LogP contribution in [0.4, 0.5) is 5.82 Å². The second-order valence-electron chi connectivity index (χ2n) is 5.32. The molecule has 0 spiro atoms. The third-order valence-corrected chi connectivity index (χ3v) is 3.40. The summed E-state index contributed by atoms with van der Waals surface area (Å²) in [5.41, 5.74) is 2.90. The van der Waals surface area contributed by atoms with Crippen LogP contribution in [0, 0.1) is 0 Å². The van der Waals surface area contributed by atoms with Crippen molar-refractivity contribution in [2.45, 2.75) is 19.8 Å². The molecule has 21 heavy (non-hydrogen) atoms. The minimum absolute atomic E-state index is 0.283. The fourth-order valence-corrected chi connectivity index (χ4v) is 2.21. The van der Waals surface area contributed by atoms with Gasteiger partial charge in [-0.15, -0.1) is 0 Å². The standard InChI is InChI=1S/C17H18N4/c1-11(2)17-20-15(9-16(18-3)21-17)13-8-12-6-4-5-7-14(12)19-10-13/h4-11H,1-3H3,(H,18,20,21). The number of anilines is 1. The third-order valence-electron chi connectivity index (χ3n) is 3.40. The zero-order chi connectivity index (χ0) is 14.8. The van der Waals surface area contributed by atoms with Gasteiger partial charge in [-0.3, -0.25) is 4.98 Å². The summed E-state index contributed by atoms with van der Waals surface area (Å²) >= 11 is 0. The molecule has 0 fully saturated rings. The maximum Gasteiger partial charge on any atom is 0.133 e. The van der Waals surface area contributed by atoms with Gasteiger partial charge in [-0.2, -0.15) is 0 Å². The minimum Gasteiger partial charge on any atom is -0.373 e. The van der Waals surface area contributed by atoms with Gasteiger partial charge in [-0.25, -0.2) is 9.97 Å². The smallest absolute Gasteiger partial charge is 0.133 e. The highest BCUT2D eigenvalue weighted by Crippen LogP contribution is 2.24. The van der Waals surface area contributed by atoms with E-state index in [1.165, 1.54) is 0 Å². The summed E-state index contributed by atoms with van der Waals surface area (Å²) in [4.78, 5) is 13.7. The van der Waals surface area contributed by atoms with Crippen molar-refractivity contribution >= 4 is 16.7 Å². The topological polar surface area (TPSA) is 50.7 Å². The predicted molar refractivity (Wildman–Crippen MR) is 86.4 cm³/mol. The molecule has 3 aromatic rings. The highest BCUT2D eigenvalue weighted by molar-refractivity contribution is 5.83. The van der Waals surface area contributed by atoms with Gasteiger partial charge in [0.05, 0.1) is 11.2 Å². The van der Waals surface area contributed by atoms with E-state index in [0.29, 0.717) is 0 Å². The summed E-state index contributed by atoms with van der Waals surface area (Å²) in [6.45, 7) is 4.19. The Labute approximate surface area is 124 Å². The second kappa shape index (κ2) is 5.48. The van der Waals surface area contributed by atoms with Crippen molar-refractivity contribution in [3.8, 4) is 11.3 Å². The molecule has 3 rings (SSSR count). The molecule has 0 aliphatic heterocycles. The number of benzene rings is 1. The van der Waals surface area contributed by atoms with Gasteiger partial charge in [0.1, 0.15) is 11.6 Å². The van der Waals surface area contributed by atoms with E-state index in [4.69, 9.17) is 0 Å². The third kappa shape index (κ3) is 2.70. The first-order valence-corrected chi connectivity index (χ1v) is 7.09. The largest absolute Gasteiger partial charge is 0.373 e. The summed E-state index contributed by atoms with van der Waals surface area (Å²) in [5.74, 6) is 1.95. The first-order valence-electron chi connectivity index (χ1n) is 7.09. The fraction of sp³-hybridized carbons (Fsp3) is 0.235. The molecule has 0 bridgehead atoms. The van der Waals surface area contributed by atoms with Gasteiger partial charge in [0.2, 0.25) is 0 Å². The van der Waals surface area contributed by atoms with E-state index in [0.717, 1.165) is 33.8 Å². The van der Waals surface area contributed by atoms with Gasteiger partial charge in [0.25, 0.3) is 0 Å². The Hall–Kier alpha value is -2.49. The lowest BCUT2D eigenvalue weighted by Gasteiger charge is -2.10. The number of para-hydroxylation sites is 1. The summed E-state index contributed by atoms with van der Waals surface area (Å²) in [6.07, 6.45) is 1.87. The van der Waals surface area contributed by atoms with Crippen LogP contribution in [0.2, 0.25) is 0 Å². The normalized spacial score (nSPS) is 11.0. The Bertz CT molecular complexity index is 781. The molecule has 0 radical (unpaired) electrons. The predicted octanol–water partition coefficient (Wildman–Crippen LogP) is 3.86. The molecular weight excluding hydrogens is 260 g/mol. The zero-order valence-corrected chi connectivity index (χ0v) is 12.5. The lowest BCUT2D eigenvalue weighted by Crippen LogP contribution is -2.03. The van der Waals surface area contributed by atoms with Crippen LogP contribution in [0.15, 0.2) is 42.6 Å². The number of nitrogens with one attached hydrogen (secondary N) is 1. The zero-order valence-electron chi connectivity index (χ0n) is 12.5. The number of hydrogen-bond acceptors (Lipinski definition) is 4. The number of fused-ring (bicyclic) bond motifs is 1. The molecule has 2 aromatic heterocycles. The van der Waals surface area contributed by atoms with Crippen LogP contribution in [0.1, 0.15) is 25.6 Å².